The van der Waals surface area contributed by atoms with E-state index in [1.807, 2.05) is 0 Å². The van der Waals surface area contributed by atoms with E-state index < -0.39 is 5.97 Å². The summed E-state index contributed by atoms with van der Waals surface area (Å²) in [6.07, 6.45) is 0. The van der Waals surface area contributed by atoms with Gasteiger partial charge >= 0.3 is 5.97 Å². The van der Waals surface area contributed by atoms with E-state index in [0.29, 0.717) is 11.4 Å². The van der Waals surface area contributed by atoms with E-state index in [2.05, 4.69) is 4.98 Å². The predicted octanol–water partition coefficient (Wildman–Crippen LogP) is 0.547. The maximum Gasteiger partial charge on any atom is 0.335 e. The molecule has 0 radical (unpaired) electrons. The van der Waals surface area contributed by atoms with Crippen molar-refractivity contribution in [3.8, 4) is 0 Å². The molecule has 0 aliphatic heterocycles. The van der Waals surface area contributed by atoms with E-state index in [4.69, 9.17) is 10.8 Å². The van der Waals surface area contributed by atoms with Crippen LogP contribution >= 0.6 is 0 Å². The summed E-state index contributed by atoms with van der Waals surface area (Å²) in [4.78, 5) is 14.6. The van der Waals surface area contributed by atoms with Gasteiger partial charge in [0.1, 0.15) is 0 Å². The lowest BCUT2D eigenvalue weighted by Gasteiger charge is -2.00. The fourth-order valence-corrected chi connectivity index (χ4v) is 0.965. The highest BCUT2D eigenvalue weighted by Crippen LogP contribution is 2.04. The highest BCUT2D eigenvalue weighted by Gasteiger charge is 2.04. The second kappa shape index (κ2) is 3.32. The van der Waals surface area contributed by atoms with Crippen LogP contribution in [0.15, 0.2) is 12.1 Å². The first-order valence-electron chi connectivity index (χ1n) is 3.54. The molecule has 64 valence electrons. The number of carboxylic acid groups (broad SMARTS) is 1. The molecule has 0 aliphatic carbocycles. The van der Waals surface area contributed by atoms with Crippen LogP contribution in [0.25, 0.3) is 0 Å². The summed E-state index contributed by atoms with van der Waals surface area (Å²) in [7, 11) is 0. The van der Waals surface area contributed by atoms with Crippen molar-refractivity contribution >= 4 is 5.97 Å². The Morgan fingerprint density at radius 2 is 2.33 bits per heavy atom. The third-order valence-electron chi connectivity index (χ3n) is 1.46. The number of carbonyl (C=O) groups is 1. The van der Waals surface area contributed by atoms with Crippen LogP contribution in [-0.2, 0) is 6.54 Å². The Hall–Kier alpha value is -1.42. The Labute approximate surface area is 70.0 Å². The average molecular weight is 166 g/mol. The zero-order chi connectivity index (χ0) is 9.14. The lowest BCUT2D eigenvalue weighted by Crippen LogP contribution is -2.05. The summed E-state index contributed by atoms with van der Waals surface area (Å²) < 4.78 is 0. The van der Waals surface area contributed by atoms with Crippen molar-refractivity contribution in [2.75, 3.05) is 0 Å². The van der Waals surface area contributed by atoms with Gasteiger partial charge in [-0.05, 0) is 19.1 Å². The maximum atomic E-state index is 10.6. The molecule has 0 spiro atoms. The molecule has 0 saturated carbocycles. The number of aromatic carboxylic acids is 1. The van der Waals surface area contributed by atoms with Crippen LogP contribution < -0.4 is 5.73 Å². The number of aromatic nitrogens is 1. The molecule has 1 rings (SSSR count). The summed E-state index contributed by atoms with van der Waals surface area (Å²) in [5.74, 6) is -0.949. The normalized spacial score (nSPS) is 9.83. The van der Waals surface area contributed by atoms with Gasteiger partial charge < -0.3 is 10.8 Å². The van der Waals surface area contributed by atoms with Gasteiger partial charge in [-0.15, -0.1) is 0 Å². The van der Waals surface area contributed by atoms with Crippen molar-refractivity contribution in [3.05, 3.63) is 29.1 Å². The Morgan fingerprint density at radius 3 is 2.83 bits per heavy atom. The van der Waals surface area contributed by atoms with E-state index in [1.165, 1.54) is 12.1 Å². The van der Waals surface area contributed by atoms with E-state index >= 15 is 0 Å². The molecular formula is C8H10N2O2. The molecule has 4 nitrogen and oxygen atoms in total. The van der Waals surface area contributed by atoms with Crippen LogP contribution in [-0.4, -0.2) is 16.1 Å². The first-order valence-corrected chi connectivity index (χ1v) is 3.54. The Balaban J connectivity index is 3.15. The first-order chi connectivity index (χ1) is 5.63. The van der Waals surface area contributed by atoms with Gasteiger partial charge in [-0.3, -0.25) is 4.98 Å². The van der Waals surface area contributed by atoms with Crippen LogP contribution in [0.2, 0.25) is 0 Å². The molecule has 0 amide bonds. The molecule has 0 aliphatic rings. The van der Waals surface area contributed by atoms with Crippen LogP contribution in [0.3, 0.4) is 0 Å². The minimum absolute atomic E-state index is 0.239. The van der Waals surface area contributed by atoms with Gasteiger partial charge in [0.05, 0.1) is 11.3 Å². The van der Waals surface area contributed by atoms with Gasteiger partial charge in [0.15, 0.2) is 0 Å². The van der Waals surface area contributed by atoms with Crippen molar-refractivity contribution in [2.45, 2.75) is 13.5 Å². The largest absolute Gasteiger partial charge is 0.478 e. The van der Waals surface area contributed by atoms with Gasteiger partial charge in [0.2, 0.25) is 0 Å². The summed E-state index contributed by atoms with van der Waals surface area (Å²) in [6, 6.07) is 3.00. The second-order valence-corrected chi connectivity index (χ2v) is 2.50. The highest BCUT2D eigenvalue weighted by molar-refractivity contribution is 5.87. The minimum Gasteiger partial charge on any atom is -0.478 e. The van der Waals surface area contributed by atoms with Crippen molar-refractivity contribution < 1.29 is 9.90 Å². The second-order valence-electron chi connectivity index (χ2n) is 2.50. The van der Waals surface area contributed by atoms with Crippen LogP contribution in [0.4, 0.5) is 0 Å². The smallest absolute Gasteiger partial charge is 0.335 e. The highest BCUT2D eigenvalue weighted by atomic mass is 16.4. The van der Waals surface area contributed by atoms with Gasteiger partial charge in [-0.25, -0.2) is 4.79 Å². The molecule has 0 bridgehead atoms. The molecule has 0 atom stereocenters. The van der Waals surface area contributed by atoms with Crippen LogP contribution in [0, 0.1) is 6.92 Å². The summed E-state index contributed by atoms with van der Waals surface area (Å²) >= 11 is 0. The monoisotopic (exact) mass is 166 g/mol. The van der Waals surface area contributed by atoms with Gasteiger partial charge in [-0.1, -0.05) is 0 Å². The predicted molar refractivity (Wildman–Crippen MR) is 43.8 cm³/mol. The third kappa shape index (κ3) is 1.79. The summed E-state index contributed by atoms with van der Waals surface area (Å²) in [5.41, 5.74) is 6.85. The van der Waals surface area contributed by atoms with E-state index in [1.54, 1.807) is 6.92 Å². The maximum absolute atomic E-state index is 10.6. The lowest BCUT2D eigenvalue weighted by atomic mass is 10.2. The topological polar surface area (TPSA) is 76.2 Å². The molecule has 3 N–H and O–H groups in total. The standard InChI is InChI=1S/C8H10N2O2/c1-5-2-6(8(11)12)3-7(4-9)10-5/h2-3H,4,9H2,1H3,(H,11,12). The fraction of sp³-hybridized carbons (Fsp3) is 0.250. The third-order valence-corrected chi connectivity index (χ3v) is 1.46. The average Bonchev–Trinajstić information content (AvgIpc) is 2.03. The zero-order valence-corrected chi connectivity index (χ0v) is 6.74. The summed E-state index contributed by atoms with van der Waals surface area (Å²) in [6.45, 7) is 2.01. The van der Waals surface area contributed by atoms with E-state index in [0.717, 1.165) is 0 Å². The Kier molecular flexibility index (Phi) is 2.40. The molecule has 1 aromatic heterocycles. The Bertz CT molecular complexity index is 310. The SMILES string of the molecule is Cc1cc(C(=O)O)cc(CN)n1. The molecule has 0 unspecified atom stereocenters. The van der Waals surface area contributed by atoms with Gasteiger partial charge in [-0.2, -0.15) is 0 Å². The number of nitrogens with zero attached hydrogens (tertiary/aromatic N) is 1. The number of hydrogen-bond acceptors (Lipinski definition) is 3. The number of nitrogens with two attached hydrogens (primary N) is 1. The number of hydrogen-bond donors (Lipinski definition) is 2. The Morgan fingerprint density at radius 1 is 1.67 bits per heavy atom. The van der Waals surface area contributed by atoms with E-state index in [9.17, 15) is 4.79 Å². The molecule has 0 saturated heterocycles. The molecule has 1 heterocycles. The van der Waals surface area contributed by atoms with E-state index in [-0.39, 0.29) is 12.1 Å². The molecule has 0 aromatic carbocycles. The van der Waals surface area contributed by atoms with Crippen molar-refractivity contribution in [1.29, 1.82) is 0 Å². The lowest BCUT2D eigenvalue weighted by molar-refractivity contribution is 0.0696. The number of pyridine rings is 1. The molecular weight excluding hydrogens is 156 g/mol. The van der Waals surface area contributed by atoms with Crippen molar-refractivity contribution in [2.24, 2.45) is 5.73 Å². The minimum atomic E-state index is -0.949. The quantitative estimate of drug-likeness (QED) is 0.672. The number of aryl methyl sites for hydroxylation is 1. The van der Waals surface area contributed by atoms with Crippen molar-refractivity contribution in [1.82, 2.24) is 4.98 Å². The van der Waals surface area contributed by atoms with Crippen molar-refractivity contribution in [3.63, 3.8) is 0 Å². The zero-order valence-electron chi connectivity index (χ0n) is 6.74. The first kappa shape index (κ1) is 8.67. The molecule has 0 fully saturated rings. The van der Waals surface area contributed by atoms with Crippen LogP contribution in [0.5, 0.6) is 0 Å². The summed E-state index contributed by atoms with van der Waals surface area (Å²) in [5, 5.41) is 8.66. The molecule has 1 aromatic rings. The molecule has 12 heavy (non-hydrogen) atoms. The molecule has 4 heteroatoms. The number of rotatable bonds is 2. The fourth-order valence-electron chi connectivity index (χ4n) is 0.965. The number of carboxylic acids is 1. The van der Waals surface area contributed by atoms with Gasteiger partial charge in [0.25, 0.3) is 0 Å². The van der Waals surface area contributed by atoms with Crippen LogP contribution in [0.1, 0.15) is 21.7 Å². The van der Waals surface area contributed by atoms with Gasteiger partial charge in [0, 0.05) is 12.2 Å².